The zero-order valence-corrected chi connectivity index (χ0v) is 12.3. The minimum Gasteiger partial charge on any atom is -0.493 e. The molecule has 3 nitrogen and oxygen atoms in total. The Labute approximate surface area is 120 Å². The molecule has 0 aromatic heterocycles. The number of aryl methyl sites for hydroxylation is 1. The average Bonchev–Trinajstić information content (AvgIpc) is 2.47. The molecule has 0 atom stereocenters. The van der Waals surface area contributed by atoms with Crippen LogP contribution in [0.25, 0.3) is 11.1 Å². The van der Waals surface area contributed by atoms with E-state index in [4.69, 9.17) is 15.2 Å². The SMILES string of the molecule is COc1cc(CCN)cc(-c2ccc(C)cc2)c1OC. The van der Waals surface area contributed by atoms with Crippen molar-refractivity contribution in [2.24, 2.45) is 5.73 Å². The lowest BCUT2D eigenvalue weighted by molar-refractivity contribution is 0.355. The molecule has 2 aromatic rings. The molecule has 3 heteroatoms. The van der Waals surface area contributed by atoms with Gasteiger partial charge in [-0.3, -0.25) is 0 Å². The van der Waals surface area contributed by atoms with Gasteiger partial charge in [0, 0.05) is 5.56 Å². The van der Waals surface area contributed by atoms with E-state index in [1.54, 1.807) is 14.2 Å². The van der Waals surface area contributed by atoms with Crippen molar-refractivity contribution < 1.29 is 9.47 Å². The van der Waals surface area contributed by atoms with E-state index < -0.39 is 0 Å². The van der Waals surface area contributed by atoms with Gasteiger partial charge >= 0.3 is 0 Å². The Kier molecular flexibility index (Phi) is 4.64. The van der Waals surface area contributed by atoms with Gasteiger partial charge in [-0.2, -0.15) is 0 Å². The number of rotatable bonds is 5. The summed E-state index contributed by atoms with van der Waals surface area (Å²) in [6, 6.07) is 12.5. The Morgan fingerprint density at radius 2 is 1.70 bits per heavy atom. The Morgan fingerprint density at radius 3 is 2.25 bits per heavy atom. The molecule has 2 aromatic carbocycles. The van der Waals surface area contributed by atoms with Crippen LogP contribution in [0.1, 0.15) is 11.1 Å². The Morgan fingerprint density at radius 1 is 1.00 bits per heavy atom. The average molecular weight is 271 g/mol. The maximum Gasteiger partial charge on any atom is 0.168 e. The van der Waals surface area contributed by atoms with Crippen LogP contribution < -0.4 is 15.2 Å². The first kappa shape index (κ1) is 14.4. The molecule has 0 radical (unpaired) electrons. The molecule has 0 saturated carbocycles. The van der Waals surface area contributed by atoms with Crippen molar-refractivity contribution in [1.82, 2.24) is 0 Å². The van der Waals surface area contributed by atoms with Crippen molar-refractivity contribution in [3.05, 3.63) is 47.5 Å². The second-order valence-electron chi connectivity index (χ2n) is 4.78. The van der Waals surface area contributed by atoms with Crippen LogP contribution in [0.2, 0.25) is 0 Å². The van der Waals surface area contributed by atoms with Crippen LogP contribution in [-0.4, -0.2) is 20.8 Å². The first-order valence-corrected chi connectivity index (χ1v) is 6.71. The molecular formula is C17H21NO2. The highest BCUT2D eigenvalue weighted by Crippen LogP contribution is 2.39. The first-order chi connectivity index (χ1) is 9.69. The molecule has 0 aliphatic heterocycles. The van der Waals surface area contributed by atoms with E-state index in [1.165, 1.54) is 5.56 Å². The van der Waals surface area contributed by atoms with Crippen LogP contribution >= 0.6 is 0 Å². The lowest BCUT2D eigenvalue weighted by atomic mass is 9.99. The first-order valence-electron chi connectivity index (χ1n) is 6.71. The summed E-state index contributed by atoms with van der Waals surface area (Å²) in [5.74, 6) is 1.51. The van der Waals surface area contributed by atoms with Crippen LogP contribution in [0.4, 0.5) is 0 Å². The fourth-order valence-corrected chi connectivity index (χ4v) is 2.28. The van der Waals surface area contributed by atoms with Crippen LogP contribution in [0.3, 0.4) is 0 Å². The number of ether oxygens (including phenoxy) is 2. The lowest BCUT2D eigenvalue weighted by Crippen LogP contribution is -2.04. The van der Waals surface area contributed by atoms with Crippen LogP contribution in [0.15, 0.2) is 36.4 Å². The molecule has 0 spiro atoms. The van der Waals surface area contributed by atoms with Gasteiger partial charge in [-0.25, -0.2) is 0 Å². The van der Waals surface area contributed by atoms with Crippen LogP contribution in [0, 0.1) is 6.92 Å². The summed E-state index contributed by atoms with van der Waals surface area (Å²) in [6.45, 7) is 2.69. The molecule has 20 heavy (non-hydrogen) atoms. The molecule has 0 unspecified atom stereocenters. The molecule has 0 amide bonds. The molecule has 0 fully saturated rings. The highest BCUT2D eigenvalue weighted by Gasteiger charge is 2.13. The third-order valence-electron chi connectivity index (χ3n) is 3.33. The molecule has 0 saturated heterocycles. The number of hydrogen-bond acceptors (Lipinski definition) is 3. The molecule has 0 bridgehead atoms. The van der Waals surface area contributed by atoms with Gasteiger partial charge in [0.15, 0.2) is 11.5 Å². The highest BCUT2D eigenvalue weighted by molar-refractivity contribution is 5.75. The van der Waals surface area contributed by atoms with Crippen molar-refractivity contribution in [3.8, 4) is 22.6 Å². The van der Waals surface area contributed by atoms with Crippen molar-refractivity contribution in [3.63, 3.8) is 0 Å². The predicted molar refractivity (Wildman–Crippen MR) is 82.5 cm³/mol. The van der Waals surface area contributed by atoms with E-state index in [-0.39, 0.29) is 0 Å². The molecule has 0 aliphatic rings. The van der Waals surface area contributed by atoms with Crippen molar-refractivity contribution in [2.75, 3.05) is 20.8 Å². The van der Waals surface area contributed by atoms with Crippen LogP contribution in [0.5, 0.6) is 11.5 Å². The van der Waals surface area contributed by atoms with E-state index in [2.05, 4.69) is 37.3 Å². The summed E-state index contributed by atoms with van der Waals surface area (Å²) in [4.78, 5) is 0. The van der Waals surface area contributed by atoms with E-state index in [0.29, 0.717) is 6.54 Å². The minimum absolute atomic E-state index is 0.614. The third-order valence-corrected chi connectivity index (χ3v) is 3.33. The summed E-state index contributed by atoms with van der Waals surface area (Å²) in [5.41, 5.74) is 10.2. The number of nitrogens with two attached hydrogens (primary N) is 1. The van der Waals surface area contributed by atoms with Crippen LogP contribution in [-0.2, 0) is 6.42 Å². The molecular weight excluding hydrogens is 250 g/mol. The number of hydrogen-bond donors (Lipinski definition) is 1. The summed E-state index contributed by atoms with van der Waals surface area (Å²) < 4.78 is 11.0. The maximum atomic E-state index is 5.66. The summed E-state index contributed by atoms with van der Waals surface area (Å²) >= 11 is 0. The summed E-state index contributed by atoms with van der Waals surface area (Å²) in [7, 11) is 3.32. The summed E-state index contributed by atoms with van der Waals surface area (Å²) in [6.07, 6.45) is 0.819. The van der Waals surface area contributed by atoms with Gasteiger partial charge in [0.2, 0.25) is 0 Å². The third kappa shape index (κ3) is 2.94. The van der Waals surface area contributed by atoms with Gasteiger partial charge < -0.3 is 15.2 Å². The van der Waals surface area contributed by atoms with E-state index >= 15 is 0 Å². The second-order valence-corrected chi connectivity index (χ2v) is 4.78. The van der Waals surface area contributed by atoms with Gasteiger partial charge in [-0.05, 0) is 43.1 Å². The zero-order chi connectivity index (χ0) is 14.5. The normalized spacial score (nSPS) is 10.4. The topological polar surface area (TPSA) is 44.5 Å². The molecule has 0 heterocycles. The van der Waals surface area contributed by atoms with E-state index in [9.17, 15) is 0 Å². The van der Waals surface area contributed by atoms with Crippen molar-refractivity contribution in [1.29, 1.82) is 0 Å². The Bertz CT molecular complexity index is 576. The molecule has 2 N–H and O–H groups in total. The minimum atomic E-state index is 0.614. The summed E-state index contributed by atoms with van der Waals surface area (Å²) in [5, 5.41) is 0. The van der Waals surface area contributed by atoms with Gasteiger partial charge in [-0.1, -0.05) is 29.8 Å². The van der Waals surface area contributed by atoms with Gasteiger partial charge in [-0.15, -0.1) is 0 Å². The fourth-order valence-electron chi connectivity index (χ4n) is 2.28. The largest absolute Gasteiger partial charge is 0.493 e. The van der Waals surface area contributed by atoms with Crippen molar-refractivity contribution in [2.45, 2.75) is 13.3 Å². The Balaban J connectivity index is 2.58. The monoisotopic (exact) mass is 271 g/mol. The van der Waals surface area contributed by atoms with Gasteiger partial charge in [0.1, 0.15) is 0 Å². The zero-order valence-electron chi connectivity index (χ0n) is 12.3. The fraction of sp³-hybridized carbons (Fsp3) is 0.294. The maximum absolute atomic E-state index is 5.66. The van der Waals surface area contributed by atoms with E-state index in [1.807, 2.05) is 6.07 Å². The van der Waals surface area contributed by atoms with E-state index in [0.717, 1.165) is 34.6 Å². The van der Waals surface area contributed by atoms with Gasteiger partial charge in [0.25, 0.3) is 0 Å². The Hall–Kier alpha value is -2.00. The molecule has 0 aliphatic carbocycles. The highest BCUT2D eigenvalue weighted by atomic mass is 16.5. The van der Waals surface area contributed by atoms with Crippen molar-refractivity contribution >= 4 is 0 Å². The number of methoxy groups -OCH3 is 2. The number of benzene rings is 2. The van der Waals surface area contributed by atoms with Gasteiger partial charge in [0.05, 0.1) is 14.2 Å². The standard InChI is InChI=1S/C17H21NO2/c1-12-4-6-14(7-5-12)15-10-13(8-9-18)11-16(19-2)17(15)20-3/h4-7,10-11H,8-9,18H2,1-3H3. The second kappa shape index (κ2) is 6.44. The molecule has 106 valence electrons. The quantitative estimate of drug-likeness (QED) is 0.908. The molecule has 2 rings (SSSR count). The lowest BCUT2D eigenvalue weighted by Gasteiger charge is -2.15. The smallest absolute Gasteiger partial charge is 0.168 e. The predicted octanol–water partition coefficient (Wildman–Crippen LogP) is 3.18.